The van der Waals surface area contributed by atoms with Crippen LogP contribution >= 0.6 is 0 Å². The van der Waals surface area contributed by atoms with Gasteiger partial charge in [0.25, 0.3) is 0 Å². The summed E-state index contributed by atoms with van der Waals surface area (Å²) in [6.07, 6.45) is 11.0. The molecule has 0 spiro atoms. The third-order valence-corrected chi connectivity index (χ3v) is 16.1. The first-order valence-electron chi connectivity index (χ1n) is 14.5. The predicted molar refractivity (Wildman–Crippen MR) is 172 cm³/mol. The second-order valence-electron chi connectivity index (χ2n) is 9.95. The Morgan fingerprint density at radius 2 is 1.02 bits per heavy atom. The molecule has 0 aliphatic heterocycles. The Morgan fingerprint density at radius 3 is 1.35 bits per heavy atom. The van der Waals surface area contributed by atoms with E-state index in [1.54, 1.807) is 12.2 Å². The van der Waals surface area contributed by atoms with Crippen molar-refractivity contribution in [2.45, 2.75) is 61.5 Å². The van der Waals surface area contributed by atoms with Crippen molar-refractivity contribution in [2.24, 2.45) is 0 Å². The zero-order valence-electron chi connectivity index (χ0n) is 25.1. The molecule has 2 aromatic carbocycles. The van der Waals surface area contributed by atoms with Gasteiger partial charge in [0, 0.05) is 0 Å². The second kappa shape index (κ2) is 19.3. The van der Waals surface area contributed by atoms with Crippen molar-refractivity contribution in [1.29, 1.82) is 0 Å². The maximum atomic E-state index is 12.8. The Hall–Kier alpha value is -3.92. The van der Waals surface area contributed by atoms with Gasteiger partial charge in [0.15, 0.2) is 0 Å². The number of unbranched alkanes of at least 4 members (excludes halogenated alkanes) is 2. The molecule has 2 aromatic rings. The van der Waals surface area contributed by atoms with Crippen LogP contribution < -0.4 is 10.6 Å². The van der Waals surface area contributed by atoms with E-state index in [4.69, 9.17) is 6.15 Å². The summed E-state index contributed by atoms with van der Waals surface area (Å²) < 4.78 is 12.8. The Morgan fingerprint density at radius 1 is 0.651 bits per heavy atom. The SMILES string of the molecule is C=Cc1ccc(CNC(=O)/C=C\C(=O)[O][Sn]([CH2]CCC)([CH2]CCC)[O]C(=O)/C=C\C(=O)NCc2ccc(C=C)cc2)cc1. The van der Waals surface area contributed by atoms with E-state index in [1.165, 1.54) is 0 Å². The molecule has 9 heteroatoms. The van der Waals surface area contributed by atoms with Crippen molar-refractivity contribution in [3.8, 4) is 0 Å². The first-order valence-corrected chi connectivity index (χ1v) is 20.9. The minimum atomic E-state index is -4.28. The molecule has 2 N–H and O–H groups in total. The van der Waals surface area contributed by atoms with Gasteiger partial charge in [-0.05, 0) is 0 Å². The van der Waals surface area contributed by atoms with Crippen LogP contribution in [-0.2, 0) is 38.4 Å². The number of rotatable bonds is 18. The Bertz CT molecular complexity index is 1200. The predicted octanol–water partition coefficient (Wildman–Crippen LogP) is 6.15. The number of hydrogen-bond donors (Lipinski definition) is 2. The molecule has 0 heterocycles. The zero-order valence-corrected chi connectivity index (χ0v) is 28.0. The first kappa shape index (κ1) is 35.3. The molecule has 2 rings (SSSR count). The Balaban J connectivity index is 2.00. The first-order chi connectivity index (χ1) is 20.7. The third kappa shape index (κ3) is 13.7. The van der Waals surface area contributed by atoms with Gasteiger partial charge in [-0.2, -0.15) is 0 Å². The van der Waals surface area contributed by atoms with Gasteiger partial charge in [0.2, 0.25) is 0 Å². The number of amides is 2. The number of nitrogens with one attached hydrogen (secondary N) is 2. The van der Waals surface area contributed by atoms with Gasteiger partial charge in [-0.1, -0.05) is 13.2 Å². The molecule has 0 saturated carbocycles. The number of carbonyl (C=O) groups excluding carboxylic acids is 4. The summed E-state index contributed by atoms with van der Waals surface area (Å²) in [7, 11) is 0. The van der Waals surface area contributed by atoms with Crippen LogP contribution in [0.5, 0.6) is 0 Å². The summed E-state index contributed by atoms with van der Waals surface area (Å²) in [5.41, 5.74) is 3.76. The molecule has 0 fully saturated rings. The van der Waals surface area contributed by atoms with Gasteiger partial charge in [0.1, 0.15) is 0 Å². The fourth-order valence-electron chi connectivity index (χ4n) is 4.00. The van der Waals surface area contributed by atoms with Crippen LogP contribution in [0.2, 0.25) is 8.87 Å². The topological polar surface area (TPSA) is 111 Å². The van der Waals surface area contributed by atoms with Crippen LogP contribution in [0.1, 0.15) is 61.8 Å². The molecule has 2 amide bonds. The van der Waals surface area contributed by atoms with Gasteiger partial charge in [0.05, 0.1) is 0 Å². The summed E-state index contributed by atoms with van der Waals surface area (Å²) in [6.45, 7) is 12.0. The molecule has 43 heavy (non-hydrogen) atoms. The van der Waals surface area contributed by atoms with Gasteiger partial charge in [-0.3, -0.25) is 0 Å². The normalized spacial score (nSPS) is 11.2. The monoisotopic (exact) mass is 694 g/mol. The maximum absolute atomic E-state index is 12.8. The zero-order chi connectivity index (χ0) is 31.5. The molecular weight excluding hydrogens is 651 g/mol. The average Bonchev–Trinajstić information content (AvgIpc) is 3.03. The molecule has 0 aromatic heterocycles. The van der Waals surface area contributed by atoms with Crippen LogP contribution in [-0.4, -0.2) is 43.0 Å². The standard InChI is InChI=1S/2C13H13NO3.2C4H9.Sn/c2*1-2-10-3-5-11(6-4-10)9-14-12(15)7-8-13(16)17;2*1-3-4-2;/h2*2-8H,1,9H2,(H,14,15)(H,16,17);2*1,3-4H2,2H3;/q;;;;+2/p-2/b2*8-7-;;;. The Labute approximate surface area is 259 Å². The third-order valence-electron chi connectivity index (χ3n) is 6.50. The van der Waals surface area contributed by atoms with Crippen LogP contribution in [0.25, 0.3) is 12.2 Å². The quantitative estimate of drug-likeness (QED) is 0.143. The minimum absolute atomic E-state index is 0.297. The molecule has 228 valence electrons. The van der Waals surface area contributed by atoms with E-state index in [2.05, 4.69) is 23.8 Å². The summed E-state index contributed by atoms with van der Waals surface area (Å²) in [4.78, 5) is 50.3. The van der Waals surface area contributed by atoms with E-state index in [0.29, 0.717) is 22.0 Å². The van der Waals surface area contributed by atoms with E-state index >= 15 is 0 Å². The van der Waals surface area contributed by atoms with Gasteiger partial charge >= 0.3 is 248 Å². The molecule has 8 nitrogen and oxygen atoms in total. The van der Waals surface area contributed by atoms with Crippen molar-refractivity contribution in [3.63, 3.8) is 0 Å². The van der Waals surface area contributed by atoms with Crippen LogP contribution in [0.15, 0.2) is 86.0 Å². The molecule has 0 atom stereocenters. The molecule has 0 aliphatic carbocycles. The molecule has 0 unspecified atom stereocenters. The van der Waals surface area contributed by atoms with E-state index in [0.717, 1.165) is 72.2 Å². The summed E-state index contributed by atoms with van der Waals surface area (Å²) in [5.74, 6) is -2.33. The van der Waals surface area contributed by atoms with Crippen molar-refractivity contribution in [2.75, 3.05) is 0 Å². The molecule has 0 saturated heterocycles. The number of carbonyl (C=O) groups is 4. The summed E-state index contributed by atoms with van der Waals surface area (Å²) >= 11 is -4.28. The van der Waals surface area contributed by atoms with Crippen LogP contribution in [0.3, 0.4) is 0 Å². The summed E-state index contributed by atoms with van der Waals surface area (Å²) in [5, 5.41) is 5.46. The number of hydrogen-bond acceptors (Lipinski definition) is 6. The summed E-state index contributed by atoms with van der Waals surface area (Å²) in [6, 6.07) is 15.1. The van der Waals surface area contributed by atoms with E-state index < -0.39 is 43.0 Å². The van der Waals surface area contributed by atoms with Crippen molar-refractivity contribution < 1.29 is 25.3 Å². The van der Waals surface area contributed by atoms with Crippen LogP contribution in [0, 0.1) is 0 Å². The fourth-order valence-corrected chi connectivity index (χ4v) is 13.6. The molecular formula is C34H42N2O6Sn. The van der Waals surface area contributed by atoms with Crippen molar-refractivity contribution in [3.05, 3.63) is 108 Å². The Kier molecular flexibility index (Phi) is 15.8. The van der Waals surface area contributed by atoms with Crippen molar-refractivity contribution in [1.82, 2.24) is 10.6 Å². The second-order valence-corrected chi connectivity index (χ2v) is 19.2. The van der Waals surface area contributed by atoms with E-state index in [9.17, 15) is 19.2 Å². The molecule has 0 radical (unpaired) electrons. The van der Waals surface area contributed by atoms with Gasteiger partial charge in [-0.25, -0.2) is 0 Å². The van der Waals surface area contributed by atoms with Gasteiger partial charge in [-0.15, -0.1) is 0 Å². The van der Waals surface area contributed by atoms with E-state index in [-0.39, 0.29) is 0 Å². The molecule has 0 aliphatic rings. The number of benzene rings is 2. The van der Waals surface area contributed by atoms with Gasteiger partial charge < -0.3 is 0 Å². The van der Waals surface area contributed by atoms with E-state index in [1.807, 2.05) is 62.4 Å². The van der Waals surface area contributed by atoms with Crippen molar-refractivity contribution >= 4 is 55.1 Å². The van der Waals surface area contributed by atoms with Crippen LogP contribution in [0.4, 0.5) is 0 Å². The average molecular weight is 693 g/mol. The molecule has 0 bridgehead atoms. The fraction of sp³-hybridized carbons (Fsp3) is 0.294.